The molecule has 3 aliphatic rings. The van der Waals surface area contributed by atoms with Gasteiger partial charge in [-0.3, -0.25) is 9.59 Å². The van der Waals surface area contributed by atoms with Gasteiger partial charge in [0.25, 0.3) is 0 Å². The van der Waals surface area contributed by atoms with Gasteiger partial charge in [-0.1, -0.05) is 12.1 Å². The number of alkyl carbamates (subject to hydrolysis) is 1. The van der Waals surface area contributed by atoms with Gasteiger partial charge >= 0.3 is 6.09 Å². The molecule has 222 valence electrons. The second-order valence-electron chi connectivity index (χ2n) is 13.2. The predicted octanol–water partition coefficient (Wildman–Crippen LogP) is 4.66. The van der Waals surface area contributed by atoms with E-state index >= 15 is 0 Å². The van der Waals surface area contributed by atoms with Crippen LogP contribution in [0, 0.1) is 18.8 Å². The van der Waals surface area contributed by atoms with Crippen molar-refractivity contribution in [2.45, 2.75) is 110 Å². The lowest BCUT2D eigenvalue weighted by atomic mass is 9.70. The summed E-state index contributed by atoms with van der Waals surface area (Å²) in [5.41, 5.74) is 1.36. The van der Waals surface area contributed by atoms with Gasteiger partial charge in [-0.25, -0.2) is 4.79 Å². The minimum Gasteiger partial charge on any atom is -0.487 e. The van der Waals surface area contributed by atoms with E-state index in [0.717, 1.165) is 24.2 Å². The van der Waals surface area contributed by atoms with E-state index in [2.05, 4.69) is 49.6 Å². The summed E-state index contributed by atoms with van der Waals surface area (Å²) in [4.78, 5) is 39.3. The van der Waals surface area contributed by atoms with E-state index in [9.17, 15) is 14.4 Å². The number of nitrogens with zero attached hydrogens (tertiary/aromatic N) is 1. The van der Waals surface area contributed by atoms with Crippen molar-refractivity contribution >= 4 is 17.9 Å². The number of likely N-dealkylation sites (tertiary alicyclic amines) is 1. The number of hydrogen-bond donors (Lipinski definition) is 2. The summed E-state index contributed by atoms with van der Waals surface area (Å²) in [6, 6.07) is 5.76. The highest BCUT2D eigenvalue weighted by Crippen LogP contribution is 2.53. The van der Waals surface area contributed by atoms with Crippen LogP contribution in [0.5, 0.6) is 5.75 Å². The molecule has 2 fully saturated rings. The third kappa shape index (κ3) is 7.28. The number of amides is 3. The topological polar surface area (TPSA) is 106 Å². The maximum atomic E-state index is 13.6. The Hall–Kier alpha value is -2.81. The van der Waals surface area contributed by atoms with Crippen LogP contribution in [0.4, 0.5) is 4.79 Å². The standard InChI is InChI=1S/C31H47N3O6/c1-19-11-12-22-26(16-19)39-31(6,7)23-17-21-18-34(15-13-25(21)38-27(22)23)28(36)24(33-20(2)35)10-8-9-14-32-29(37)40-30(3,4)5/h11-12,16,21,23-25,27H,8-10,13-15,17-18H2,1-7H3,(H,32,37)(H,33,35)/t21-,23+,24-,25+,27-/m0/s1. The Morgan fingerprint density at radius 3 is 2.65 bits per heavy atom. The Kier molecular flexibility index (Phi) is 9.02. The SMILES string of the molecule is CC(=O)N[C@@H](CCCCNC(=O)OC(C)(C)C)C(=O)N1CC[C@H]2O[C@H]3c4ccc(C)cc4OC(C)(C)[C@@H]3C[C@H]2C1. The fraction of sp³-hybridized carbons (Fsp3) is 0.710. The molecule has 3 heterocycles. The molecule has 0 saturated carbocycles. The quantitative estimate of drug-likeness (QED) is 0.473. The fourth-order valence-electron chi connectivity index (χ4n) is 6.31. The molecule has 0 aromatic heterocycles. The molecule has 0 unspecified atom stereocenters. The Balaban J connectivity index is 1.34. The van der Waals surface area contributed by atoms with Gasteiger partial charge in [0.15, 0.2) is 0 Å². The summed E-state index contributed by atoms with van der Waals surface area (Å²) < 4.78 is 18.5. The van der Waals surface area contributed by atoms with E-state index < -0.39 is 17.7 Å². The number of unbranched alkanes of at least 4 members (excludes halogenated alkanes) is 1. The number of aryl methyl sites for hydroxylation is 1. The monoisotopic (exact) mass is 557 g/mol. The van der Waals surface area contributed by atoms with E-state index in [1.165, 1.54) is 12.5 Å². The Morgan fingerprint density at radius 1 is 1.20 bits per heavy atom. The van der Waals surface area contributed by atoms with Crippen LogP contribution in [0.3, 0.4) is 0 Å². The van der Waals surface area contributed by atoms with E-state index in [-0.39, 0.29) is 41.5 Å². The second kappa shape index (κ2) is 12.0. The number of ether oxygens (including phenoxy) is 3. The van der Waals surface area contributed by atoms with Crippen molar-refractivity contribution in [3.63, 3.8) is 0 Å². The molecule has 0 radical (unpaired) electrons. The van der Waals surface area contributed by atoms with E-state index in [0.29, 0.717) is 38.9 Å². The normalized spacial score (nSPS) is 25.8. The van der Waals surface area contributed by atoms with Gasteiger partial charge in [0, 0.05) is 44.0 Å². The highest BCUT2D eigenvalue weighted by molar-refractivity contribution is 5.87. The summed E-state index contributed by atoms with van der Waals surface area (Å²) >= 11 is 0. The molecule has 3 aliphatic heterocycles. The van der Waals surface area contributed by atoms with Crippen molar-refractivity contribution in [1.29, 1.82) is 0 Å². The number of benzene rings is 1. The summed E-state index contributed by atoms with van der Waals surface area (Å²) in [6.45, 7) is 14.9. The predicted molar refractivity (Wildman–Crippen MR) is 152 cm³/mol. The van der Waals surface area contributed by atoms with Crippen LogP contribution in [-0.2, 0) is 19.1 Å². The zero-order chi connectivity index (χ0) is 29.2. The first-order valence-electron chi connectivity index (χ1n) is 14.7. The summed E-state index contributed by atoms with van der Waals surface area (Å²) in [5, 5.41) is 5.61. The van der Waals surface area contributed by atoms with Crippen molar-refractivity contribution in [1.82, 2.24) is 15.5 Å². The minimum absolute atomic E-state index is 0.00994. The Morgan fingerprint density at radius 2 is 1.95 bits per heavy atom. The molecule has 9 heteroatoms. The first-order valence-corrected chi connectivity index (χ1v) is 14.7. The van der Waals surface area contributed by atoms with Crippen molar-refractivity contribution in [2.24, 2.45) is 11.8 Å². The molecule has 0 aliphatic carbocycles. The van der Waals surface area contributed by atoms with Crippen LogP contribution < -0.4 is 15.4 Å². The van der Waals surface area contributed by atoms with Crippen molar-refractivity contribution in [3.05, 3.63) is 29.3 Å². The molecule has 2 N–H and O–H groups in total. The largest absolute Gasteiger partial charge is 0.487 e. The minimum atomic E-state index is -0.586. The molecule has 1 aromatic rings. The van der Waals surface area contributed by atoms with Gasteiger partial charge in [-0.05, 0) is 85.3 Å². The number of fused-ring (bicyclic) bond motifs is 4. The van der Waals surface area contributed by atoms with Gasteiger partial charge in [0.2, 0.25) is 11.8 Å². The zero-order valence-electron chi connectivity index (χ0n) is 25.2. The van der Waals surface area contributed by atoms with Crippen molar-refractivity contribution in [3.8, 4) is 5.75 Å². The maximum absolute atomic E-state index is 13.6. The van der Waals surface area contributed by atoms with Gasteiger partial charge in [-0.2, -0.15) is 0 Å². The number of carbonyl (C=O) groups is 3. The van der Waals surface area contributed by atoms with Crippen LogP contribution in [0.1, 0.15) is 90.9 Å². The number of carbonyl (C=O) groups excluding carboxylic acids is 3. The molecule has 2 saturated heterocycles. The molecule has 40 heavy (non-hydrogen) atoms. The van der Waals surface area contributed by atoms with Gasteiger partial charge in [-0.15, -0.1) is 0 Å². The lowest BCUT2D eigenvalue weighted by Gasteiger charge is -2.53. The van der Waals surface area contributed by atoms with E-state index in [4.69, 9.17) is 14.2 Å². The third-order valence-corrected chi connectivity index (χ3v) is 8.22. The van der Waals surface area contributed by atoms with Crippen molar-refractivity contribution in [2.75, 3.05) is 19.6 Å². The molecular weight excluding hydrogens is 510 g/mol. The fourth-order valence-corrected chi connectivity index (χ4v) is 6.31. The maximum Gasteiger partial charge on any atom is 0.407 e. The molecule has 3 amide bonds. The van der Waals surface area contributed by atoms with Crippen LogP contribution >= 0.6 is 0 Å². The first kappa shape index (κ1) is 30.2. The number of piperidine rings is 1. The molecule has 0 spiro atoms. The van der Waals surface area contributed by atoms with E-state index in [1.807, 2.05) is 25.7 Å². The van der Waals surface area contributed by atoms with Gasteiger partial charge in [0.05, 0.1) is 12.2 Å². The van der Waals surface area contributed by atoms with Crippen LogP contribution in [0.2, 0.25) is 0 Å². The molecular formula is C31H47N3O6. The summed E-state index contributed by atoms with van der Waals surface area (Å²) in [7, 11) is 0. The Bertz CT molecular complexity index is 1100. The molecule has 0 bridgehead atoms. The number of hydrogen-bond acceptors (Lipinski definition) is 6. The summed E-state index contributed by atoms with van der Waals surface area (Å²) in [5.74, 6) is 1.04. The van der Waals surface area contributed by atoms with E-state index in [1.54, 1.807) is 0 Å². The Labute approximate surface area is 238 Å². The number of rotatable bonds is 7. The lowest BCUT2D eigenvalue weighted by molar-refractivity contribution is -0.189. The third-order valence-electron chi connectivity index (χ3n) is 8.22. The molecule has 9 nitrogen and oxygen atoms in total. The zero-order valence-corrected chi connectivity index (χ0v) is 25.2. The van der Waals surface area contributed by atoms with Crippen LogP contribution in [0.25, 0.3) is 0 Å². The average molecular weight is 558 g/mol. The smallest absolute Gasteiger partial charge is 0.407 e. The molecule has 5 atom stereocenters. The lowest BCUT2D eigenvalue weighted by Crippen LogP contribution is -2.58. The molecule has 1 aromatic carbocycles. The van der Waals surface area contributed by atoms with Crippen LogP contribution in [-0.4, -0.2) is 65.8 Å². The van der Waals surface area contributed by atoms with Gasteiger partial charge < -0.3 is 29.7 Å². The number of nitrogens with one attached hydrogen (secondary N) is 2. The molecule has 4 rings (SSSR count). The second-order valence-corrected chi connectivity index (χ2v) is 13.2. The first-order chi connectivity index (χ1) is 18.7. The van der Waals surface area contributed by atoms with Gasteiger partial charge in [0.1, 0.15) is 23.0 Å². The van der Waals surface area contributed by atoms with Crippen molar-refractivity contribution < 1.29 is 28.6 Å². The van der Waals surface area contributed by atoms with Crippen LogP contribution in [0.15, 0.2) is 18.2 Å². The summed E-state index contributed by atoms with van der Waals surface area (Å²) in [6.07, 6.45) is 3.19. The highest BCUT2D eigenvalue weighted by Gasteiger charge is 2.51. The average Bonchev–Trinajstić information content (AvgIpc) is 2.84. The highest BCUT2D eigenvalue weighted by atomic mass is 16.6.